The summed E-state index contributed by atoms with van der Waals surface area (Å²) in [5, 5.41) is 11.2. The zero-order valence-electron chi connectivity index (χ0n) is 13.6. The fourth-order valence-electron chi connectivity index (χ4n) is 2.62. The summed E-state index contributed by atoms with van der Waals surface area (Å²) in [7, 11) is 0. The number of carbonyl (C=O) groups is 2. The number of Topliss-reactive ketones (excluding diaryl/α,β-unsaturated/α-hetero) is 1. The Balaban J connectivity index is 1.41. The topological polar surface area (TPSA) is 72.0 Å². The quantitative estimate of drug-likeness (QED) is 0.545. The van der Waals surface area contributed by atoms with Gasteiger partial charge in [0, 0.05) is 11.6 Å². The number of thioether (sulfide) groups is 2. The van der Waals surface area contributed by atoms with E-state index in [0.717, 1.165) is 21.5 Å². The van der Waals surface area contributed by atoms with E-state index in [1.165, 1.54) is 47.7 Å². The summed E-state index contributed by atoms with van der Waals surface area (Å²) in [6, 6.07) is 9.57. The third kappa shape index (κ3) is 5.83. The Labute approximate surface area is 159 Å². The van der Waals surface area contributed by atoms with Gasteiger partial charge >= 0.3 is 0 Å². The van der Waals surface area contributed by atoms with Gasteiger partial charge in [0.25, 0.3) is 0 Å². The van der Waals surface area contributed by atoms with Crippen LogP contribution in [0.4, 0.5) is 0 Å². The van der Waals surface area contributed by atoms with Crippen LogP contribution in [0.2, 0.25) is 0 Å². The van der Waals surface area contributed by atoms with Crippen molar-refractivity contribution >= 4 is 46.6 Å². The van der Waals surface area contributed by atoms with E-state index in [0.29, 0.717) is 23.1 Å². The molecular weight excluding hydrogens is 374 g/mol. The molecule has 132 valence electrons. The molecule has 0 atom stereocenters. The number of carbonyl (C=O) groups excluding carboxylic acids is 2. The van der Waals surface area contributed by atoms with Crippen LogP contribution in [0.15, 0.2) is 39.0 Å². The predicted octanol–water partition coefficient (Wildman–Crippen LogP) is 3.66. The highest BCUT2D eigenvalue weighted by atomic mass is 32.2. The molecule has 0 aliphatic heterocycles. The molecule has 3 rings (SSSR count). The summed E-state index contributed by atoms with van der Waals surface area (Å²) >= 11 is 4.21. The van der Waals surface area contributed by atoms with E-state index in [4.69, 9.17) is 0 Å². The van der Waals surface area contributed by atoms with Crippen molar-refractivity contribution in [1.82, 2.24) is 15.5 Å². The number of aromatic nitrogens is 2. The summed E-state index contributed by atoms with van der Waals surface area (Å²) in [6.07, 6.45) is 4.59. The lowest BCUT2D eigenvalue weighted by atomic mass is 10.2. The van der Waals surface area contributed by atoms with Crippen molar-refractivity contribution in [1.29, 1.82) is 0 Å². The first kappa shape index (κ1) is 18.4. The molecule has 1 aliphatic carbocycles. The molecule has 1 aromatic carbocycles. The SMILES string of the molecule is O=C(CSc1nnc(SCC(=O)c2ccccc2)s1)NC1CCCC1. The van der Waals surface area contributed by atoms with Crippen LogP contribution >= 0.6 is 34.9 Å². The predicted molar refractivity (Wildman–Crippen MR) is 103 cm³/mol. The Hall–Kier alpha value is -1.38. The molecule has 5 nitrogen and oxygen atoms in total. The summed E-state index contributed by atoms with van der Waals surface area (Å²) < 4.78 is 1.51. The van der Waals surface area contributed by atoms with Crippen LogP contribution in [0.25, 0.3) is 0 Å². The minimum absolute atomic E-state index is 0.0561. The molecule has 1 N–H and O–H groups in total. The van der Waals surface area contributed by atoms with Gasteiger partial charge in [-0.1, -0.05) is 78.0 Å². The molecule has 8 heteroatoms. The Morgan fingerprint density at radius 3 is 2.36 bits per heavy atom. The summed E-state index contributed by atoms with van der Waals surface area (Å²) in [5.41, 5.74) is 0.706. The Bertz CT molecular complexity index is 715. The number of hydrogen-bond acceptors (Lipinski definition) is 7. The molecule has 1 aromatic heterocycles. The number of rotatable bonds is 8. The van der Waals surface area contributed by atoms with Gasteiger partial charge in [-0.05, 0) is 12.8 Å². The lowest BCUT2D eigenvalue weighted by Gasteiger charge is -2.10. The maximum absolute atomic E-state index is 12.1. The van der Waals surface area contributed by atoms with E-state index in [2.05, 4.69) is 15.5 Å². The second-order valence-electron chi connectivity index (χ2n) is 5.75. The van der Waals surface area contributed by atoms with Crippen molar-refractivity contribution in [2.24, 2.45) is 0 Å². The number of nitrogens with one attached hydrogen (secondary N) is 1. The average molecular weight is 394 g/mol. The van der Waals surface area contributed by atoms with Gasteiger partial charge in [0.05, 0.1) is 11.5 Å². The molecule has 0 spiro atoms. The second-order valence-corrected chi connectivity index (χ2v) is 9.17. The molecule has 1 amide bonds. The number of ketones is 1. The highest BCUT2D eigenvalue weighted by Gasteiger charge is 2.17. The standard InChI is InChI=1S/C17H19N3O2S3/c21-14(12-6-2-1-3-7-12)10-23-16-19-20-17(25-16)24-11-15(22)18-13-8-4-5-9-13/h1-3,6-7,13H,4-5,8-11H2,(H,18,22). The molecule has 1 fully saturated rings. The minimum atomic E-state index is 0.0561. The number of benzene rings is 1. The molecule has 1 aliphatic rings. The summed E-state index contributed by atoms with van der Waals surface area (Å²) in [5.74, 6) is 0.830. The van der Waals surface area contributed by atoms with E-state index in [1.54, 1.807) is 0 Å². The zero-order chi connectivity index (χ0) is 17.5. The van der Waals surface area contributed by atoms with Gasteiger partial charge in [-0.15, -0.1) is 10.2 Å². The first-order valence-electron chi connectivity index (χ1n) is 8.17. The molecule has 0 bridgehead atoms. The number of amides is 1. The lowest BCUT2D eigenvalue weighted by Crippen LogP contribution is -2.33. The molecule has 0 saturated heterocycles. The van der Waals surface area contributed by atoms with Crippen molar-refractivity contribution in [3.8, 4) is 0 Å². The Kier molecular flexibility index (Phi) is 6.89. The molecule has 2 aromatic rings. The minimum Gasteiger partial charge on any atom is -0.353 e. The van der Waals surface area contributed by atoms with Crippen molar-refractivity contribution in [2.45, 2.75) is 40.4 Å². The molecule has 0 unspecified atom stereocenters. The van der Waals surface area contributed by atoms with Crippen molar-refractivity contribution in [3.63, 3.8) is 0 Å². The monoisotopic (exact) mass is 393 g/mol. The van der Waals surface area contributed by atoms with Gasteiger partial charge < -0.3 is 5.32 Å². The lowest BCUT2D eigenvalue weighted by molar-refractivity contribution is -0.119. The third-order valence-electron chi connectivity index (χ3n) is 3.86. The first-order valence-corrected chi connectivity index (χ1v) is 11.0. The van der Waals surface area contributed by atoms with E-state index < -0.39 is 0 Å². The highest BCUT2D eigenvalue weighted by molar-refractivity contribution is 8.03. The Morgan fingerprint density at radius 2 is 1.68 bits per heavy atom. The van der Waals surface area contributed by atoms with E-state index in [-0.39, 0.29) is 11.7 Å². The fourth-order valence-corrected chi connectivity index (χ4v) is 5.34. The van der Waals surface area contributed by atoms with Crippen LogP contribution in [0.3, 0.4) is 0 Å². The van der Waals surface area contributed by atoms with Gasteiger partial charge in [0.15, 0.2) is 14.5 Å². The molecule has 1 saturated carbocycles. The normalized spacial score (nSPS) is 14.6. The fraction of sp³-hybridized carbons (Fsp3) is 0.412. The maximum atomic E-state index is 12.1. The van der Waals surface area contributed by atoms with Gasteiger partial charge in [-0.3, -0.25) is 9.59 Å². The Morgan fingerprint density at radius 1 is 1.04 bits per heavy atom. The van der Waals surface area contributed by atoms with Crippen molar-refractivity contribution in [3.05, 3.63) is 35.9 Å². The smallest absolute Gasteiger partial charge is 0.230 e. The molecule has 0 radical (unpaired) electrons. The average Bonchev–Trinajstić information content (AvgIpc) is 3.30. The number of nitrogens with zero attached hydrogens (tertiary/aromatic N) is 2. The van der Waals surface area contributed by atoms with Crippen molar-refractivity contribution in [2.75, 3.05) is 11.5 Å². The van der Waals surface area contributed by atoms with Gasteiger partial charge in [0.2, 0.25) is 5.91 Å². The van der Waals surface area contributed by atoms with E-state index in [9.17, 15) is 9.59 Å². The van der Waals surface area contributed by atoms with Crippen LogP contribution in [0.1, 0.15) is 36.0 Å². The van der Waals surface area contributed by atoms with Gasteiger partial charge in [-0.25, -0.2) is 0 Å². The number of hydrogen-bond donors (Lipinski definition) is 1. The van der Waals surface area contributed by atoms with Crippen LogP contribution in [-0.2, 0) is 4.79 Å². The summed E-state index contributed by atoms with van der Waals surface area (Å²) in [6.45, 7) is 0. The largest absolute Gasteiger partial charge is 0.353 e. The van der Waals surface area contributed by atoms with Gasteiger partial charge in [0.1, 0.15) is 0 Å². The maximum Gasteiger partial charge on any atom is 0.230 e. The van der Waals surface area contributed by atoms with Crippen LogP contribution in [-0.4, -0.2) is 39.4 Å². The van der Waals surface area contributed by atoms with Crippen molar-refractivity contribution < 1.29 is 9.59 Å². The van der Waals surface area contributed by atoms with Crippen LogP contribution < -0.4 is 5.32 Å². The van der Waals surface area contributed by atoms with E-state index >= 15 is 0 Å². The molecule has 25 heavy (non-hydrogen) atoms. The van der Waals surface area contributed by atoms with Crippen LogP contribution in [0, 0.1) is 0 Å². The zero-order valence-corrected chi connectivity index (χ0v) is 16.1. The second kappa shape index (κ2) is 9.35. The third-order valence-corrected chi connectivity index (χ3v) is 7.05. The molecular formula is C17H19N3O2S3. The first-order chi connectivity index (χ1) is 12.2. The van der Waals surface area contributed by atoms with Crippen LogP contribution in [0.5, 0.6) is 0 Å². The van der Waals surface area contributed by atoms with Gasteiger partial charge in [-0.2, -0.15) is 0 Å². The molecule has 1 heterocycles. The summed E-state index contributed by atoms with van der Waals surface area (Å²) in [4.78, 5) is 24.0. The van der Waals surface area contributed by atoms with E-state index in [1.807, 2.05) is 30.3 Å². The highest BCUT2D eigenvalue weighted by Crippen LogP contribution is 2.29.